The normalized spacial score (nSPS) is 12.5. The van der Waals surface area contributed by atoms with Gasteiger partial charge in [-0.15, -0.1) is 0 Å². The molecule has 1 nitrogen and oxygen atoms in total. The van der Waals surface area contributed by atoms with Crippen LogP contribution in [0.3, 0.4) is 0 Å². The van der Waals surface area contributed by atoms with Crippen LogP contribution in [0, 0.1) is 5.82 Å². The molecular formula is C19H18FN. The van der Waals surface area contributed by atoms with Gasteiger partial charge < -0.3 is 5.73 Å². The first-order valence-electron chi connectivity index (χ1n) is 7.17. The largest absolute Gasteiger partial charge is 0.328 e. The Hall–Kier alpha value is -2.19. The van der Waals surface area contributed by atoms with E-state index < -0.39 is 0 Å². The van der Waals surface area contributed by atoms with Crippen LogP contribution in [0.15, 0.2) is 60.7 Å². The van der Waals surface area contributed by atoms with Crippen LogP contribution in [0.2, 0.25) is 0 Å². The highest BCUT2D eigenvalue weighted by Crippen LogP contribution is 2.30. The second-order valence-electron chi connectivity index (χ2n) is 5.52. The summed E-state index contributed by atoms with van der Waals surface area (Å²) >= 11 is 0. The third-order valence-corrected chi connectivity index (χ3v) is 3.69. The summed E-state index contributed by atoms with van der Waals surface area (Å²) in [6.07, 6.45) is 0.866. The molecule has 21 heavy (non-hydrogen) atoms. The van der Waals surface area contributed by atoms with Crippen molar-refractivity contribution in [1.82, 2.24) is 0 Å². The molecule has 0 radical (unpaired) electrons. The summed E-state index contributed by atoms with van der Waals surface area (Å²) in [5, 5.41) is 1.60. The fraction of sp³-hybridized carbons (Fsp3) is 0.158. The predicted octanol–water partition coefficient (Wildman–Crippen LogP) is 4.54. The van der Waals surface area contributed by atoms with Gasteiger partial charge in [0.2, 0.25) is 0 Å². The van der Waals surface area contributed by atoms with Crippen molar-refractivity contribution >= 4 is 10.8 Å². The Bertz CT molecular complexity index is 760. The number of rotatable bonds is 3. The highest BCUT2D eigenvalue weighted by Gasteiger charge is 2.07. The molecular weight excluding hydrogens is 261 g/mol. The maximum Gasteiger partial charge on any atom is 0.131 e. The lowest BCUT2D eigenvalue weighted by Gasteiger charge is -2.10. The molecule has 1 atom stereocenters. The number of hydrogen-bond acceptors (Lipinski definition) is 1. The number of benzene rings is 3. The van der Waals surface area contributed by atoms with E-state index >= 15 is 0 Å². The molecule has 0 aromatic heterocycles. The lowest BCUT2D eigenvalue weighted by Crippen LogP contribution is -2.17. The Kier molecular flexibility index (Phi) is 3.72. The Morgan fingerprint density at radius 1 is 0.905 bits per heavy atom. The van der Waals surface area contributed by atoms with Crippen LogP contribution in [0.1, 0.15) is 12.5 Å². The van der Waals surface area contributed by atoms with Crippen LogP contribution in [0.5, 0.6) is 0 Å². The highest BCUT2D eigenvalue weighted by molar-refractivity contribution is 5.96. The third kappa shape index (κ3) is 2.81. The first-order chi connectivity index (χ1) is 10.1. The van der Waals surface area contributed by atoms with Crippen molar-refractivity contribution in [3.05, 3.63) is 72.0 Å². The summed E-state index contributed by atoms with van der Waals surface area (Å²) in [4.78, 5) is 0. The molecule has 3 aromatic carbocycles. The second kappa shape index (κ2) is 5.66. The molecule has 0 heterocycles. The van der Waals surface area contributed by atoms with E-state index in [-0.39, 0.29) is 11.9 Å². The summed E-state index contributed by atoms with van der Waals surface area (Å²) in [6.45, 7) is 2.00. The molecule has 0 spiro atoms. The molecule has 3 aromatic rings. The molecule has 0 saturated heterocycles. The van der Waals surface area contributed by atoms with Crippen molar-refractivity contribution in [2.45, 2.75) is 19.4 Å². The molecule has 0 saturated carbocycles. The van der Waals surface area contributed by atoms with Crippen molar-refractivity contribution in [3.8, 4) is 11.1 Å². The zero-order chi connectivity index (χ0) is 14.8. The van der Waals surface area contributed by atoms with E-state index in [1.807, 2.05) is 37.3 Å². The van der Waals surface area contributed by atoms with Gasteiger partial charge in [0.05, 0.1) is 0 Å². The van der Waals surface area contributed by atoms with E-state index in [0.29, 0.717) is 5.39 Å². The van der Waals surface area contributed by atoms with E-state index in [1.165, 1.54) is 11.6 Å². The minimum Gasteiger partial charge on any atom is -0.328 e. The van der Waals surface area contributed by atoms with Gasteiger partial charge in [0.1, 0.15) is 5.82 Å². The van der Waals surface area contributed by atoms with Gasteiger partial charge in [-0.05, 0) is 41.5 Å². The molecule has 0 aliphatic rings. The second-order valence-corrected chi connectivity index (χ2v) is 5.52. The third-order valence-electron chi connectivity index (χ3n) is 3.69. The lowest BCUT2D eigenvalue weighted by atomic mass is 9.96. The van der Waals surface area contributed by atoms with Gasteiger partial charge >= 0.3 is 0 Å². The van der Waals surface area contributed by atoms with E-state index in [1.54, 1.807) is 0 Å². The van der Waals surface area contributed by atoms with Crippen LogP contribution >= 0.6 is 0 Å². The van der Waals surface area contributed by atoms with Crippen LogP contribution in [0.25, 0.3) is 21.9 Å². The van der Waals surface area contributed by atoms with Crippen molar-refractivity contribution < 1.29 is 4.39 Å². The number of nitrogens with two attached hydrogens (primary N) is 1. The molecule has 0 aliphatic heterocycles. The minimum atomic E-state index is -0.178. The highest BCUT2D eigenvalue weighted by atomic mass is 19.1. The van der Waals surface area contributed by atoms with E-state index in [0.717, 1.165) is 22.9 Å². The van der Waals surface area contributed by atoms with Crippen LogP contribution < -0.4 is 5.73 Å². The summed E-state index contributed by atoms with van der Waals surface area (Å²) in [5.74, 6) is -0.178. The summed E-state index contributed by atoms with van der Waals surface area (Å²) in [5.41, 5.74) is 9.20. The van der Waals surface area contributed by atoms with E-state index in [4.69, 9.17) is 5.73 Å². The number of halogens is 1. The average Bonchev–Trinajstić information content (AvgIpc) is 2.48. The first kappa shape index (κ1) is 13.8. The molecule has 0 amide bonds. The van der Waals surface area contributed by atoms with E-state index in [2.05, 4.69) is 24.3 Å². The fourth-order valence-electron chi connectivity index (χ4n) is 2.71. The first-order valence-corrected chi connectivity index (χ1v) is 7.17. The molecule has 3 rings (SSSR count). The minimum absolute atomic E-state index is 0.155. The van der Waals surface area contributed by atoms with Crippen molar-refractivity contribution in [2.75, 3.05) is 0 Å². The molecule has 0 bridgehead atoms. The zero-order valence-corrected chi connectivity index (χ0v) is 12.0. The molecule has 2 heteroatoms. The van der Waals surface area contributed by atoms with Crippen LogP contribution in [0.4, 0.5) is 4.39 Å². The van der Waals surface area contributed by atoms with Gasteiger partial charge in [-0.25, -0.2) is 4.39 Å². The summed E-state index contributed by atoms with van der Waals surface area (Å²) in [6, 6.07) is 19.5. The molecule has 0 fully saturated rings. The van der Waals surface area contributed by atoms with Crippen LogP contribution in [-0.2, 0) is 6.42 Å². The summed E-state index contributed by atoms with van der Waals surface area (Å²) in [7, 11) is 0. The maximum absolute atomic E-state index is 13.9. The quantitative estimate of drug-likeness (QED) is 0.748. The van der Waals surface area contributed by atoms with Crippen molar-refractivity contribution in [3.63, 3.8) is 0 Å². The monoisotopic (exact) mass is 279 g/mol. The Labute approximate surface area is 124 Å². The molecule has 0 aliphatic carbocycles. The van der Waals surface area contributed by atoms with Crippen molar-refractivity contribution in [2.24, 2.45) is 5.73 Å². The SMILES string of the molecule is CC(N)Cc1ccc(-c2ccc(F)c3ccccc23)cc1. The van der Waals surface area contributed by atoms with E-state index in [9.17, 15) is 4.39 Å². The maximum atomic E-state index is 13.9. The van der Waals surface area contributed by atoms with Gasteiger partial charge in [-0.3, -0.25) is 0 Å². The average molecular weight is 279 g/mol. The molecule has 2 N–H and O–H groups in total. The van der Waals surface area contributed by atoms with Gasteiger partial charge in [-0.2, -0.15) is 0 Å². The Morgan fingerprint density at radius 2 is 1.57 bits per heavy atom. The lowest BCUT2D eigenvalue weighted by molar-refractivity contribution is 0.640. The number of hydrogen-bond donors (Lipinski definition) is 1. The standard InChI is InChI=1S/C19H18FN/c1-13(21)12-14-6-8-15(9-7-14)16-10-11-19(20)18-5-3-2-4-17(16)18/h2-11,13H,12,21H2,1H3. The van der Waals surface area contributed by atoms with Gasteiger partial charge in [-0.1, -0.05) is 54.6 Å². The van der Waals surface area contributed by atoms with Crippen LogP contribution in [-0.4, -0.2) is 6.04 Å². The summed E-state index contributed by atoms with van der Waals surface area (Å²) < 4.78 is 13.9. The van der Waals surface area contributed by atoms with Crippen molar-refractivity contribution in [1.29, 1.82) is 0 Å². The van der Waals surface area contributed by atoms with Gasteiger partial charge in [0.15, 0.2) is 0 Å². The molecule has 106 valence electrons. The Morgan fingerprint density at radius 3 is 2.24 bits per heavy atom. The Balaban J connectivity index is 2.06. The van der Waals surface area contributed by atoms with Gasteiger partial charge in [0, 0.05) is 11.4 Å². The van der Waals surface area contributed by atoms with Gasteiger partial charge in [0.25, 0.3) is 0 Å². The predicted molar refractivity (Wildman–Crippen MR) is 86.7 cm³/mol. The zero-order valence-electron chi connectivity index (χ0n) is 12.0. The molecule has 1 unspecified atom stereocenters. The number of fused-ring (bicyclic) bond motifs is 1. The fourth-order valence-corrected chi connectivity index (χ4v) is 2.71. The topological polar surface area (TPSA) is 26.0 Å². The smallest absolute Gasteiger partial charge is 0.131 e.